The molecule has 2 aromatic rings. The molecule has 5 heteroatoms. The average molecular weight is 300 g/mol. The van der Waals surface area contributed by atoms with Crippen molar-refractivity contribution < 1.29 is 14.4 Å². The highest BCUT2D eigenvalue weighted by molar-refractivity contribution is 5.70. The number of hydrogen-bond acceptors (Lipinski definition) is 4. The Hall–Kier alpha value is -2.14. The first kappa shape index (κ1) is 14.8. The molecule has 2 heterocycles. The van der Waals surface area contributed by atoms with Gasteiger partial charge in [-0.05, 0) is 12.3 Å². The maximum Gasteiger partial charge on any atom is 0.307 e. The van der Waals surface area contributed by atoms with Gasteiger partial charge in [0.2, 0.25) is 0 Å². The van der Waals surface area contributed by atoms with Gasteiger partial charge in [0.25, 0.3) is 0 Å². The van der Waals surface area contributed by atoms with E-state index in [4.69, 9.17) is 4.52 Å². The predicted molar refractivity (Wildman–Crippen MR) is 82.1 cm³/mol. The number of nitrogens with zero attached hydrogens (tertiary/aromatic N) is 2. The van der Waals surface area contributed by atoms with E-state index in [9.17, 15) is 9.90 Å². The fourth-order valence-corrected chi connectivity index (χ4v) is 3.12. The van der Waals surface area contributed by atoms with Gasteiger partial charge in [-0.3, -0.25) is 9.69 Å². The minimum Gasteiger partial charge on any atom is -0.481 e. The predicted octanol–water partition coefficient (Wildman–Crippen LogP) is 2.88. The molecule has 0 aliphatic carbocycles. The van der Waals surface area contributed by atoms with Crippen LogP contribution in [0.3, 0.4) is 0 Å². The number of rotatable bonds is 4. The second-order valence-corrected chi connectivity index (χ2v) is 6.11. The highest BCUT2D eigenvalue weighted by Crippen LogP contribution is 2.25. The van der Waals surface area contributed by atoms with Crippen molar-refractivity contribution in [3.8, 4) is 11.3 Å². The Balaban J connectivity index is 1.68. The smallest absolute Gasteiger partial charge is 0.307 e. The van der Waals surface area contributed by atoms with Gasteiger partial charge in [0.05, 0.1) is 12.5 Å². The van der Waals surface area contributed by atoms with E-state index in [0.29, 0.717) is 19.0 Å². The molecule has 1 N–H and O–H groups in total. The molecule has 1 aliphatic rings. The first-order valence-electron chi connectivity index (χ1n) is 7.58. The third-order valence-electron chi connectivity index (χ3n) is 4.09. The quantitative estimate of drug-likeness (QED) is 0.940. The molecule has 0 saturated carbocycles. The third-order valence-corrected chi connectivity index (χ3v) is 4.09. The lowest BCUT2D eigenvalue weighted by molar-refractivity contribution is -0.144. The van der Waals surface area contributed by atoms with E-state index in [1.165, 1.54) is 0 Å². The van der Waals surface area contributed by atoms with Gasteiger partial charge in [0.15, 0.2) is 5.76 Å². The first-order chi connectivity index (χ1) is 10.6. The largest absolute Gasteiger partial charge is 0.481 e. The zero-order valence-electron chi connectivity index (χ0n) is 12.6. The summed E-state index contributed by atoms with van der Waals surface area (Å²) < 4.78 is 5.41. The molecule has 1 aromatic carbocycles. The van der Waals surface area contributed by atoms with Crippen LogP contribution >= 0.6 is 0 Å². The molecular formula is C17H20N2O3. The summed E-state index contributed by atoms with van der Waals surface area (Å²) in [6, 6.07) is 11.8. The van der Waals surface area contributed by atoms with Crippen LogP contribution in [0.4, 0.5) is 0 Å². The van der Waals surface area contributed by atoms with Crippen molar-refractivity contribution in [2.75, 3.05) is 13.1 Å². The van der Waals surface area contributed by atoms with Gasteiger partial charge < -0.3 is 9.63 Å². The van der Waals surface area contributed by atoms with Crippen molar-refractivity contribution in [2.24, 2.45) is 11.8 Å². The fraction of sp³-hybridized carbons (Fsp3) is 0.412. The van der Waals surface area contributed by atoms with Crippen molar-refractivity contribution in [3.63, 3.8) is 0 Å². The van der Waals surface area contributed by atoms with E-state index in [0.717, 1.165) is 30.0 Å². The molecule has 0 spiro atoms. The van der Waals surface area contributed by atoms with Gasteiger partial charge in [-0.25, -0.2) is 0 Å². The monoisotopic (exact) mass is 300 g/mol. The second-order valence-electron chi connectivity index (χ2n) is 6.11. The number of carboxylic acids is 1. The molecule has 2 unspecified atom stereocenters. The van der Waals surface area contributed by atoms with E-state index < -0.39 is 5.97 Å². The van der Waals surface area contributed by atoms with Crippen LogP contribution in [-0.4, -0.2) is 34.2 Å². The zero-order chi connectivity index (χ0) is 15.5. The van der Waals surface area contributed by atoms with Crippen LogP contribution in [0.2, 0.25) is 0 Å². The highest BCUT2D eigenvalue weighted by atomic mass is 16.5. The maximum absolute atomic E-state index is 11.2. The Bertz CT molecular complexity index is 638. The molecule has 1 aromatic heterocycles. The standard InChI is InChI=1S/C17H20N2O3/c1-12-7-14(17(20)21)10-19(9-12)11-15-8-16(18-22-15)13-5-3-2-4-6-13/h2-6,8,12,14H,7,9-11H2,1H3,(H,20,21). The average Bonchev–Trinajstić information content (AvgIpc) is 2.96. The molecule has 2 atom stereocenters. The summed E-state index contributed by atoms with van der Waals surface area (Å²) in [6.07, 6.45) is 0.748. The Kier molecular flexibility index (Phi) is 4.24. The minimum atomic E-state index is -0.709. The number of carbonyl (C=O) groups is 1. The van der Waals surface area contributed by atoms with E-state index >= 15 is 0 Å². The van der Waals surface area contributed by atoms with Crippen molar-refractivity contribution in [1.29, 1.82) is 0 Å². The number of aliphatic carboxylic acids is 1. The molecule has 116 valence electrons. The number of likely N-dealkylation sites (tertiary alicyclic amines) is 1. The number of aromatic nitrogens is 1. The van der Waals surface area contributed by atoms with Gasteiger partial charge in [0, 0.05) is 24.7 Å². The lowest BCUT2D eigenvalue weighted by Crippen LogP contribution is -2.41. The number of piperidine rings is 1. The van der Waals surface area contributed by atoms with Gasteiger partial charge in [-0.2, -0.15) is 0 Å². The summed E-state index contributed by atoms with van der Waals surface area (Å²) >= 11 is 0. The van der Waals surface area contributed by atoms with E-state index in [-0.39, 0.29) is 5.92 Å². The molecule has 1 fully saturated rings. The topological polar surface area (TPSA) is 66.6 Å². The van der Waals surface area contributed by atoms with Crippen LogP contribution < -0.4 is 0 Å². The van der Waals surface area contributed by atoms with Crippen molar-refractivity contribution in [3.05, 3.63) is 42.2 Å². The van der Waals surface area contributed by atoms with Gasteiger partial charge in [0.1, 0.15) is 5.69 Å². The second kappa shape index (κ2) is 6.32. The van der Waals surface area contributed by atoms with Crippen molar-refractivity contribution in [2.45, 2.75) is 19.9 Å². The minimum absolute atomic E-state index is 0.291. The molecule has 5 nitrogen and oxygen atoms in total. The Morgan fingerprint density at radius 3 is 2.86 bits per heavy atom. The lowest BCUT2D eigenvalue weighted by Gasteiger charge is -2.33. The summed E-state index contributed by atoms with van der Waals surface area (Å²) in [5.41, 5.74) is 1.84. The van der Waals surface area contributed by atoms with E-state index in [2.05, 4.69) is 17.0 Å². The third kappa shape index (κ3) is 3.36. The van der Waals surface area contributed by atoms with Crippen LogP contribution in [0.15, 0.2) is 40.9 Å². The molecule has 0 bridgehead atoms. The summed E-state index contributed by atoms with van der Waals surface area (Å²) in [5, 5.41) is 13.3. The molecule has 0 radical (unpaired) electrons. The molecule has 1 saturated heterocycles. The SMILES string of the molecule is CC1CC(C(=O)O)CN(Cc2cc(-c3ccccc3)no2)C1. The Morgan fingerprint density at radius 1 is 1.36 bits per heavy atom. The van der Waals surface area contributed by atoms with Crippen LogP contribution in [0.25, 0.3) is 11.3 Å². The number of hydrogen-bond donors (Lipinski definition) is 1. The number of benzene rings is 1. The van der Waals surface area contributed by atoms with Gasteiger partial charge in [-0.1, -0.05) is 42.4 Å². The van der Waals surface area contributed by atoms with Gasteiger partial charge >= 0.3 is 5.97 Å². The summed E-state index contributed by atoms with van der Waals surface area (Å²) in [4.78, 5) is 13.4. The Labute approximate surface area is 129 Å². The summed E-state index contributed by atoms with van der Waals surface area (Å²) in [7, 11) is 0. The van der Waals surface area contributed by atoms with Crippen LogP contribution in [0, 0.1) is 11.8 Å². The van der Waals surface area contributed by atoms with Crippen LogP contribution in [0.1, 0.15) is 19.1 Å². The fourth-order valence-electron chi connectivity index (χ4n) is 3.12. The number of carboxylic acid groups (broad SMARTS) is 1. The Morgan fingerprint density at radius 2 is 2.14 bits per heavy atom. The van der Waals surface area contributed by atoms with Gasteiger partial charge in [-0.15, -0.1) is 0 Å². The zero-order valence-corrected chi connectivity index (χ0v) is 12.6. The maximum atomic E-state index is 11.2. The summed E-state index contributed by atoms with van der Waals surface area (Å²) in [5.74, 6) is 0.155. The van der Waals surface area contributed by atoms with E-state index in [1.807, 2.05) is 36.4 Å². The highest BCUT2D eigenvalue weighted by Gasteiger charge is 2.29. The van der Waals surface area contributed by atoms with Crippen LogP contribution in [-0.2, 0) is 11.3 Å². The normalized spacial score (nSPS) is 22.6. The van der Waals surface area contributed by atoms with E-state index in [1.54, 1.807) is 0 Å². The van der Waals surface area contributed by atoms with Crippen molar-refractivity contribution >= 4 is 5.97 Å². The molecule has 1 aliphatic heterocycles. The first-order valence-corrected chi connectivity index (χ1v) is 7.58. The molecule has 0 amide bonds. The molecule has 22 heavy (non-hydrogen) atoms. The summed E-state index contributed by atoms with van der Waals surface area (Å²) in [6.45, 7) is 4.16. The molecular weight excluding hydrogens is 280 g/mol. The van der Waals surface area contributed by atoms with Crippen molar-refractivity contribution in [1.82, 2.24) is 10.1 Å². The molecule has 3 rings (SSSR count). The van der Waals surface area contributed by atoms with Crippen LogP contribution in [0.5, 0.6) is 0 Å². The lowest BCUT2D eigenvalue weighted by atomic mass is 9.90.